The Morgan fingerprint density at radius 1 is 1.00 bits per heavy atom. The molecule has 0 saturated carbocycles. The van der Waals surface area contributed by atoms with Gasteiger partial charge < -0.3 is 10.2 Å². The van der Waals surface area contributed by atoms with Crippen molar-refractivity contribution in [2.75, 3.05) is 5.75 Å². The zero-order chi connectivity index (χ0) is 22.7. The first-order valence-corrected chi connectivity index (χ1v) is 11.3. The van der Waals surface area contributed by atoms with Crippen LogP contribution in [0.25, 0.3) is 0 Å². The lowest BCUT2D eigenvalue weighted by atomic mass is 10.1. The number of hydrogen-bond acceptors (Lipinski definition) is 3. The van der Waals surface area contributed by atoms with Crippen molar-refractivity contribution in [1.29, 1.82) is 0 Å². The summed E-state index contributed by atoms with van der Waals surface area (Å²) in [6.45, 7) is 2.11. The van der Waals surface area contributed by atoms with E-state index in [-0.39, 0.29) is 24.2 Å². The molecule has 3 aromatic rings. The average Bonchev–Trinajstić information content (AvgIpc) is 3.23. The van der Waals surface area contributed by atoms with Gasteiger partial charge in [-0.15, -0.1) is 11.8 Å². The van der Waals surface area contributed by atoms with E-state index in [4.69, 9.17) is 0 Å². The summed E-state index contributed by atoms with van der Waals surface area (Å²) in [6.07, 6.45) is 0. The summed E-state index contributed by atoms with van der Waals surface area (Å²) in [5.74, 6) is -0.944. The molecule has 2 unspecified atom stereocenters. The monoisotopic (exact) mass is 452 g/mol. The van der Waals surface area contributed by atoms with Crippen molar-refractivity contribution in [1.82, 2.24) is 10.2 Å². The van der Waals surface area contributed by atoms with Crippen LogP contribution in [0.5, 0.6) is 0 Å². The third kappa shape index (κ3) is 4.83. The van der Waals surface area contributed by atoms with Gasteiger partial charge in [0.2, 0.25) is 5.91 Å². The second-order valence-electron chi connectivity index (χ2n) is 7.68. The van der Waals surface area contributed by atoms with Crippen LogP contribution in [0.15, 0.2) is 72.8 Å². The predicted octanol–water partition coefficient (Wildman–Crippen LogP) is 4.85. The molecule has 0 aliphatic carbocycles. The number of hydrogen-bond donors (Lipinski definition) is 1. The topological polar surface area (TPSA) is 49.4 Å². The third-order valence-corrected chi connectivity index (χ3v) is 6.64. The van der Waals surface area contributed by atoms with Gasteiger partial charge in [0, 0.05) is 17.9 Å². The van der Waals surface area contributed by atoms with Gasteiger partial charge in [-0.05, 0) is 54.4 Å². The molecule has 1 N–H and O–H groups in total. The summed E-state index contributed by atoms with van der Waals surface area (Å²) in [7, 11) is 0. The van der Waals surface area contributed by atoms with Gasteiger partial charge in [0.1, 0.15) is 23.1 Å². The maximum Gasteiger partial charge on any atom is 0.255 e. The molecule has 0 spiro atoms. The van der Waals surface area contributed by atoms with Gasteiger partial charge in [0.15, 0.2) is 0 Å². The number of benzene rings is 3. The first-order chi connectivity index (χ1) is 15.4. The number of thioether (sulfide) groups is 1. The Kier molecular flexibility index (Phi) is 6.55. The molecule has 2 amide bonds. The Morgan fingerprint density at radius 3 is 2.47 bits per heavy atom. The summed E-state index contributed by atoms with van der Waals surface area (Å²) in [5, 5.41) is 2.36. The van der Waals surface area contributed by atoms with Crippen molar-refractivity contribution in [3.05, 3.63) is 107 Å². The number of carbonyl (C=O) groups is 2. The van der Waals surface area contributed by atoms with Crippen LogP contribution in [-0.2, 0) is 11.3 Å². The Balaban J connectivity index is 1.60. The van der Waals surface area contributed by atoms with Crippen LogP contribution in [0.1, 0.15) is 32.4 Å². The van der Waals surface area contributed by atoms with Crippen molar-refractivity contribution in [3.63, 3.8) is 0 Å². The molecule has 7 heteroatoms. The molecule has 164 valence electrons. The highest BCUT2D eigenvalue weighted by Gasteiger charge is 2.42. The minimum atomic E-state index is -0.721. The first kappa shape index (κ1) is 22.0. The summed E-state index contributed by atoms with van der Waals surface area (Å²) < 4.78 is 27.0. The summed E-state index contributed by atoms with van der Waals surface area (Å²) in [5.41, 5.74) is 2.79. The molecule has 4 rings (SSSR count). The smallest absolute Gasteiger partial charge is 0.255 e. The van der Waals surface area contributed by atoms with Gasteiger partial charge in [-0.25, -0.2) is 8.78 Å². The van der Waals surface area contributed by atoms with Crippen LogP contribution in [-0.4, -0.2) is 28.5 Å². The highest BCUT2D eigenvalue weighted by Crippen LogP contribution is 2.42. The van der Waals surface area contributed by atoms with E-state index < -0.39 is 17.2 Å². The molecule has 2 atom stereocenters. The fraction of sp³-hybridized carbons (Fsp3) is 0.200. The van der Waals surface area contributed by atoms with E-state index in [1.165, 1.54) is 40.9 Å². The fourth-order valence-electron chi connectivity index (χ4n) is 3.71. The molecule has 0 radical (unpaired) electrons. The highest BCUT2D eigenvalue weighted by molar-refractivity contribution is 7.99. The van der Waals surface area contributed by atoms with Crippen molar-refractivity contribution >= 4 is 23.6 Å². The van der Waals surface area contributed by atoms with E-state index in [0.29, 0.717) is 16.9 Å². The van der Waals surface area contributed by atoms with E-state index >= 15 is 0 Å². The quantitative estimate of drug-likeness (QED) is 0.602. The molecule has 4 nitrogen and oxygen atoms in total. The van der Waals surface area contributed by atoms with E-state index in [1.807, 2.05) is 13.0 Å². The first-order valence-electron chi connectivity index (χ1n) is 10.2. The lowest BCUT2D eigenvalue weighted by Crippen LogP contribution is -2.47. The maximum atomic E-state index is 13.9. The molecule has 0 aromatic heterocycles. The largest absolute Gasteiger partial charge is 0.350 e. The Hall–Kier alpha value is -3.19. The van der Waals surface area contributed by atoms with Gasteiger partial charge in [0.05, 0.1) is 0 Å². The molecule has 1 saturated heterocycles. The standard InChI is InChI=1S/C25H22F2N2O2S/c1-16-4-2-5-18(12-16)24(31)29-22(15-32-25(29)19-6-3-7-21(27)13-19)23(30)28-14-17-8-10-20(26)11-9-17/h2-13,22,25H,14-15H2,1H3,(H,28,30). The number of nitrogens with zero attached hydrogens (tertiary/aromatic N) is 1. The molecule has 1 heterocycles. The van der Waals surface area contributed by atoms with Crippen LogP contribution < -0.4 is 5.32 Å². The normalized spacial score (nSPS) is 17.9. The van der Waals surface area contributed by atoms with Crippen LogP contribution in [0.2, 0.25) is 0 Å². The molecule has 32 heavy (non-hydrogen) atoms. The number of aryl methyl sites for hydroxylation is 1. The minimum absolute atomic E-state index is 0.220. The van der Waals surface area contributed by atoms with Crippen LogP contribution in [0.3, 0.4) is 0 Å². The molecular weight excluding hydrogens is 430 g/mol. The van der Waals surface area contributed by atoms with E-state index in [0.717, 1.165) is 11.1 Å². The second-order valence-corrected chi connectivity index (χ2v) is 8.80. The zero-order valence-electron chi connectivity index (χ0n) is 17.4. The third-order valence-electron chi connectivity index (χ3n) is 5.32. The van der Waals surface area contributed by atoms with Crippen molar-refractivity contribution in [2.45, 2.75) is 24.9 Å². The highest BCUT2D eigenvalue weighted by atomic mass is 32.2. The second kappa shape index (κ2) is 9.53. The Morgan fingerprint density at radius 2 is 1.75 bits per heavy atom. The number of rotatable bonds is 5. The number of amides is 2. The molecule has 1 fully saturated rings. The van der Waals surface area contributed by atoms with Gasteiger partial charge in [-0.2, -0.15) is 0 Å². The number of nitrogens with one attached hydrogen (secondary N) is 1. The number of carbonyl (C=O) groups excluding carboxylic acids is 2. The molecule has 0 bridgehead atoms. The molecule has 1 aliphatic rings. The molecule has 3 aromatic carbocycles. The number of halogens is 2. The Bertz CT molecular complexity index is 1140. The average molecular weight is 453 g/mol. The maximum absolute atomic E-state index is 13.9. The van der Waals surface area contributed by atoms with Gasteiger partial charge in [-0.3, -0.25) is 9.59 Å². The summed E-state index contributed by atoms with van der Waals surface area (Å²) in [6, 6.07) is 18.4. The lowest BCUT2D eigenvalue weighted by molar-refractivity contribution is -0.125. The van der Waals surface area contributed by atoms with Gasteiger partial charge >= 0.3 is 0 Å². The van der Waals surface area contributed by atoms with Crippen LogP contribution in [0.4, 0.5) is 8.78 Å². The summed E-state index contributed by atoms with van der Waals surface area (Å²) in [4.78, 5) is 28.1. The van der Waals surface area contributed by atoms with Gasteiger partial charge in [-0.1, -0.05) is 42.0 Å². The van der Waals surface area contributed by atoms with Crippen molar-refractivity contribution in [3.8, 4) is 0 Å². The van der Waals surface area contributed by atoms with Crippen molar-refractivity contribution in [2.24, 2.45) is 0 Å². The van der Waals surface area contributed by atoms with Crippen LogP contribution >= 0.6 is 11.8 Å². The van der Waals surface area contributed by atoms with Crippen LogP contribution in [0, 0.1) is 18.6 Å². The fourth-order valence-corrected chi connectivity index (χ4v) is 5.13. The minimum Gasteiger partial charge on any atom is -0.350 e. The van der Waals surface area contributed by atoms with E-state index in [9.17, 15) is 18.4 Å². The molecular formula is C25H22F2N2O2S. The SMILES string of the molecule is Cc1cccc(C(=O)N2C(C(=O)NCc3ccc(F)cc3)CSC2c2cccc(F)c2)c1. The van der Waals surface area contributed by atoms with E-state index in [1.54, 1.807) is 42.5 Å². The molecule has 1 aliphatic heterocycles. The van der Waals surface area contributed by atoms with E-state index in [2.05, 4.69) is 5.32 Å². The zero-order valence-corrected chi connectivity index (χ0v) is 18.2. The summed E-state index contributed by atoms with van der Waals surface area (Å²) >= 11 is 1.43. The Labute approximate surface area is 189 Å². The lowest BCUT2D eigenvalue weighted by Gasteiger charge is -2.29. The predicted molar refractivity (Wildman–Crippen MR) is 121 cm³/mol. The van der Waals surface area contributed by atoms with Gasteiger partial charge in [0.25, 0.3) is 5.91 Å². The van der Waals surface area contributed by atoms with Crippen molar-refractivity contribution < 1.29 is 18.4 Å².